The molecule has 0 aliphatic rings. The molecule has 0 spiro atoms. The number of para-hydroxylation sites is 1. The Kier molecular flexibility index (Phi) is 8.49. The van der Waals surface area contributed by atoms with Crippen molar-refractivity contribution in [2.24, 2.45) is 0 Å². The predicted octanol–water partition coefficient (Wildman–Crippen LogP) is 4.61. The summed E-state index contributed by atoms with van der Waals surface area (Å²) in [6, 6.07) is 22.8. The number of methoxy groups -OCH3 is 1. The summed E-state index contributed by atoms with van der Waals surface area (Å²) in [5.41, 5.74) is 1.52. The molecule has 2 amide bonds. The Hall–Kier alpha value is -3.78. The zero-order chi connectivity index (χ0) is 23.6. The lowest BCUT2D eigenvalue weighted by Crippen LogP contribution is -2.30. The van der Waals surface area contributed by atoms with Crippen LogP contribution in [-0.2, 0) is 14.3 Å². The molecule has 3 rings (SSSR count). The monoisotopic (exact) mass is 464 g/mol. The van der Waals surface area contributed by atoms with Crippen LogP contribution in [0, 0.1) is 0 Å². The number of rotatable bonds is 9. The molecule has 0 fully saturated rings. The summed E-state index contributed by atoms with van der Waals surface area (Å²) in [6.07, 6.45) is -0.993. The first kappa shape index (κ1) is 23.9. The van der Waals surface area contributed by atoms with Crippen molar-refractivity contribution in [3.05, 3.63) is 84.4 Å². The van der Waals surface area contributed by atoms with Gasteiger partial charge in [0.25, 0.3) is 5.91 Å². The third kappa shape index (κ3) is 7.11. The minimum absolute atomic E-state index is 0.0888. The number of thioether (sulfide) groups is 1. The summed E-state index contributed by atoms with van der Waals surface area (Å²) in [6.45, 7) is 1.51. The van der Waals surface area contributed by atoms with E-state index in [9.17, 15) is 14.4 Å². The van der Waals surface area contributed by atoms with E-state index in [0.717, 1.165) is 0 Å². The third-order valence-electron chi connectivity index (χ3n) is 4.51. The van der Waals surface area contributed by atoms with E-state index < -0.39 is 18.0 Å². The second-order valence-corrected chi connectivity index (χ2v) is 7.98. The molecule has 0 aliphatic heterocycles. The van der Waals surface area contributed by atoms with Crippen molar-refractivity contribution in [1.82, 2.24) is 0 Å². The van der Waals surface area contributed by atoms with Gasteiger partial charge >= 0.3 is 5.97 Å². The lowest BCUT2D eigenvalue weighted by molar-refractivity contribution is -0.123. The van der Waals surface area contributed by atoms with Crippen LogP contribution in [0.4, 0.5) is 11.4 Å². The molecule has 1 atom stereocenters. The average Bonchev–Trinajstić information content (AvgIpc) is 2.83. The molecule has 0 saturated carbocycles. The van der Waals surface area contributed by atoms with Crippen molar-refractivity contribution in [3.8, 4) is 5.75 Å². The van der Waals surface area contributed by atoms with Gasteiger partial charge in [0, 0.05) is 22.3 Å². The molecule has 170 valence electrons. The maximum atomic E-state index is 12.7. The van der Waals surface area contributed by atoms with E-state index in [2.05, 4.69) is 10.6 Å². The Labute approximate surface area is 196 Å². The number of benzene rings is 3. The second-order valence-electron chi connectivity index (χ2n) is 6.97. The molecule has 3 aromatic rings. The maximum Gasteiger partial charge on any atom is 0.340 e. The number of amides is 2. The van der Waals surface area contributed by atoms with Crippen LogP contribution in [0.2, 0.25) is 0 Å². The maximum absolute atomic E-state index is 12.7. The van der Waals surface area contributed by atoms with Crippen LogP contribution in [0.25, 0.3) is 0 Å². The molecule has 2 N–H and O–H groups in total. The lowest BCUT2D eigenvalue weighted by atomic mass is 10.2. The van der Waals surface area contributed by atoms with Gasteiger partial charge in [-0.05, 0) is 43.3 Å². The molecule has 0 radical (unpaired) electrons. The van der Waals surface area contributed by atoms with Gasteiger partial charge in [-0.1, -0.05) is 36.4 Å². The lowest BCUT2D eigenvalue weighted by Gasteiger charge is -2.15. The Morgan fingerprint density at radius 2 is 1.58 bits per heavy atom. The van der Waals surface area contributed by atoms with Gasteiger partial charge in [0.15, 0.2) is 6.10 Å². The van der Waals surface area contributed by atoms with Gasteiger partial charge in [-0.3, -0.25) is 9.59 Å². The summed E-state index contributed by atoms with van der Waals surface area (Å²) in [5.74, 6) is -0.573. The topological polar surface area (TPSA) is 93.7 Å². The molecule has 0 bridgehead atoms. The Bertz CT molecular complexity index is 1120. The number of carbonyl (C=O) groups is 3. The van der Waals surface area contributed by atoms with Crippen LogP contribution in [0.3, 0.4) is 0 Å². The number of hydrogen-bond acceptors (Lipinski definition) is 6. The highest BCUT2D eigenvalue weighted by Crippen LogP contribution is 2.24. The fourth-order valence-electron chi connectivity index (χ4n) is 2.85. The van der Waals surface area contributed by atoms with Crippen LogP contribution in [-0.4, -0.2) is 36.8 Å². The first-order chi connectivity index (χ1) is 16.0. The molecule has 8 heteroatoms. The SMILES string of the molecule is COc1cccc(NC(=O)CSc2ccccc2C(=O)O[C@@H](C)C(=O)Nc2ccccc2)c1. The quantitative estimate of drug-likeness (QED) is 0.355. The van der Waals surface area contributed by atoms with Crippen molar-refractivity contribution in [2.45, 2.75) is 17.9 Å². The number of ether oxygens (including phenoxy) is 2. The highest BCUT2D eigenvalue weighted by molar-refractivity contribution is 8.00. The number of carbonyl (C=O) groups excluding carboxylic acids is 3. The number of hydrogen-bond donors (Lipinski definition) is 2. The van der Waals surface area contributed by atoms with Crippen LogP contribution in [0.15, 0.2) is 83.8 Å². The minimum atomic E-state index is -0.993. The molecule has 0 heterocycles. The van der Waals surface area contributed by atoms with Gasteiger partial charge in [0.1, 0.15) is 5.75 Å². The Morgan fingerprint density at radius 1 is 0.879 bits per heavy atom. The van der Waals surface area contributed by atoms with Gasteiger partial charge < -0.3 is 20.1 Å². The van der Waals surface area contributed by atoms with Crippen LogP contribution < -0.4 is 15.4 Å². The minimum Gasteiger partial charge on any atom is -0.497 e. The molecule has 33 heavy (non-hydrogen) atoms. The van der Waals surface area contributed by atoms with Gasteiger partial charge in [0.05, 0.1) is 18.4 Å². The van der Waals surface area contributed by atoms with Gasteiger partial charge in [-0.15, -0.1) is 11.8 Å². The van der Waals surface area contributed by atoms with E-state index in [-0.39, 0.29) is 17.2 Å². The predicted molar refractivity (Wildman–Crippen MR) is 129 cm³/mol. The third-order valence-corrected chi connectivity index (χ3v) is 5.59. The van der Waals surface area contributed by atoms with Crippen LogP contribution in [0.1, 0.15) is 17.3 Å². The second kappa shape index (κ2) is 11.7. The largest absolute Gasteiger partial charge is 0.497 e. The zero-order valence-electron chi connectivity index (χ0n) is 18.2. The van der Waals surface area contributed by atoms with Crippen molar-refractivity contribution >= 4 is 40.9 Å². The molecule has 7 nitrogen and oxygen atoms in total. The molecule has 3 aromatic carbocycles. The first-order valence-corrected chi connectivity index (χ1v) is 11.2. The van der Waals surface area contributed by atoms with Crippen molar-refractivity contribution < 1.29 is 23.9 Å². The number of nitrogens with one attached hydrogen (secondary N) is 2. The first-order valence-electron chi connectivity index (χ1n) is 10.2. The molecule has 0 aromatic heterocycles. The van der Waals surface area contributed by atoms with E-state index in [4.69, 9.17) is 9.47 Å². The highest BCUT2D eigenvalue weighted by Gasteiger charge is 2.21. The van der Waals surface area contributed by atoms with Crippen molar-refractivity contribution in [1.29, 1.82) is 0 Å². The Morgan fingerprint density at radius 3 is 2.33 bits per heavy atom. The standard InChI is InChI=1S/C25H24N2O5S/c1-17(24(29)27-18-9-4-3-5-10-18)32-25(30)21-13-6-7-14-22(21)33-16-23(28)26-19-11-8-12-20(15-19)31-2/h3-15,17H,16H2,1-2H3,(H,26,28)(H,27,29)/t17-/m0/s1. The van der Waals surface area contributed by atoms with Gasteiger partial charge in [-0.2, -0.15) is 0 Å². The fourth-order valence-corrected chi connectivity index (χ4v) is 3.69. The van der Waals surface area contributed by atoms with Gasteiger partial charge in [-0.25, -0.2) is 4.79 Å². The van der Waals surface area contributed by atoms with Crippen molar-refractivity contribution in [2.75, 3.05) is 23.5 Å². The number of anilines is 2. The summed E-state index contributed by atoms with van der Waals surface area (Å²) >= 11 is 1.21. The average molecular weight is 465 g/mol. The van der Waals surface area contributed by atoms with Gasteiger partial charge in [0.2, 0.25) is 5.91 Å². The van der Waals surface area contributed by atoms with E-state index in [1.165, 1.54) is 18.7 Å². The Balaban J connectivity index is 1.58. The van der Waals surface area contributed by atoms with E-state index in [1.54, 1.807) is 79.9 Å². The molecule has 0 aliphatic carbocycles. The summed E-state index contributed by atoms with van der Waals surface area (Å²) in [7, 11) is 1.55. The molecule has 0 unspecified atom stereocenters. The molecular weight excluding hydrogens is 440 g/mol. The molecule has 0 saturated heterocycles. The van der Waals surface area contributed by atoms with E-state index >= 15 is 0 Å². The fraction of sp³-hybridized carbons (Fsp3) is 0.160. The smallest absolute Gasteiger partial charge is 0.340 e. The normalized spacial score (nSPS) is 11.2. The zero-order valence-corrected chi connectivity index (χ0v) is 19.1. The summed E-state index contributed by atoms with van der Waals surface area (Å²) in [4.78, 5) is 38.0. The summed E-state index contributed by atoms with van der Waals surface area (Å²) in [5, 5.41) is 5.50. The molecular formula is C25H24N2O5S. The van der Waals surface area contributed by atoms with Crippen LogP contribution >= 0.6 is 11.8 Å². The van der Waals surface area contributed by atoms with Crippen LogP contribution in [0.5, 0.6) is 5.75 Å². The highest BCUT2D eigenvalue weighted by atomic mass is 32.2. The number of esters is 1. The van der Waals surface area contributed by atoms with Crippen molar-refractivity contribution in [3.63, 3.8) is 0 Å². The van der Waals surface area contributed by atoms with E-state index in [0.29, 0.717) is 22.0 Å². The summed E-state index contributed by atoms with van der Waals surface area (Å²) < 4.78 is 10.5. The van der Waals surface area contributed by atoms with E-state index in [1.807, 2.05) is 6.07 Å².